The van der Waals surface area contributed by atoms with Crippen molar-refractivity contribution in [3.8, 4) is 11.8 Å². The van der Waals surface area contributed by atoms with E-state index in [1.165, 1.54) is 0 Å². The second-order valence-corrected chi connectivity index (χ2v) is 5.48. The largest absolute Gasteiger partial charge is 0.475 e. The van der Waals surface area contributed by atoms with Gasteiger partial charge in [0, 0.05) is 6.07 Å². The van der Waals surface area contributed by atoms with Crippen LogP contribution in [0.3, 0.4) is 0 Å². The van der Waals surface area contributed by atoms with E-state index in [2.05, 4.69) is 11.9 Å². The van der Waals surface area contributed by atoms with Gasteiger partial charge in [-0.25, -0.2) is 0 Å². The van der Waals surface area contributed by atoms with Crippen molar-refractivity contribution in [3.05, 3.63) is 12.1 Å². The van der Waals surface area contributed by atoms with E-state index >= 15 is 0 Å². The van der Waals surface area contributed by atoms with Crippen LogP contribution >= 0.6 is 0 Å². The molecule has 0 spiro atoms. The standard InChI is InChI=1S/C14H24N2O2/c1-6-7-10(2)17-12-9-8-11(15)13(16-12)18-14(3,4)5/h8-10H,6-7,15H2,1-5H3. The molecular formula is C14H24N2O2. The summed E-state index contributed by atoms with van der Waals surface area (Å²) in [4.78, 5) is 4.31. The van der Waals surface area contributed by atoms with Crippen molar-refractivity contribution >= 4 is 5.69 Å². The fraction of sp³-hybridized carbons (Fsp3) is 0.643. The summed E-state index contributed by atoms with van der Waals surface area (Å²) in [5.74, 6) is 0.994. The molecule has 4 nitrogen and oxygen atoms in total. The summed E-state index contributed by atoms with van der Waals surface area (Å²) in [5, 5.41) is 0. The highest BCUT2D eigenvalue weighted by molar-refractivity contribution is 5.49. The summed E-state index contributed by atoms with van der Waals surface area (Å²) in [6, 6.07) is 3.54. The normalized spacial score (nSPS) is 13.2. The van der Waals surface area contributed by atoms with E-state index in [9.17, 15) is 0 Å². The lowest BCUT2D eigenvalue weighted by Gasteiger charge is -2.22. The van der Waals surface area contributed by atoms with E-state index in [1.54, 1.807) is 12.1 Å². The van der Waals surface area contributed by atoms with Crippen molar-refractivity contribution in [2.45, 2.75) is 59.2 Å². The molecule has 4 heteroatoms. The lowest BCUT2D eigenvalue weighted by Crippen LogP contribution is -2.24. The summed E-state index contributed by atoms with van der Waals surface area (Å²) in [6.45, 7) is 10.0. The molecule has 1 aromatic heterocycles. The van der Waals surface area contributed by atoms with E-state index in [0.29, 0.717) is 17.4 Å². The van der Waals surface area contributed by atoms with Gasteiger partial charge in [-0.05, 0) is 40.2 Å². The summed E-state index contributed by atoms with van der Waals surface area (Å²) >= 11 is 0. The van der Waals surface area contributed by atoms with Crippen molar-refractivity contribution in [3.63, 3.8) is 0 Å². The van der Waals surface area contributed by atoms with Crippen LogP contribution in [0.1, 0.15) is 47.5 Å². The van der Waals surface area contributed by atoms with Gasteiger partial charge in [0.05, 0.1) is 11.8 Å². The zero-order valence-electron chi connectivity index (χ0n) is 12.0. The van der Waals surface area contributed by atoms with Crippen molar-refractivity contribution in [2.24, 2.45) is 0 Å². The molecule has 0 saturated heterocycles. The van der Waals surface area contributed by atoms with Gasteiger partial charge in [-0.15, -0.1) is 0 Å². The minimum absolute atomic E-state index is 0.147. The minimum atomic E-state index is -0.325. The van der Waals surface area contributed by atoms with Crippen LogP contribution in [0.15, 0.2) is 12.1 Å². The molecule has 0 radical (unpaired) electrons. The Morgan fingerprint density at radius 1 is 1.33 bits per heavy atom. The Labute approximate surface area is 110 Å². The molecule has 0 aromatic carbocycles. The van der Waals surface area contributed by atoms with E-state index < -0.39 is 0 Å². The average molecular weight is 252 g/mol. The van der Waals surface area contributed by atoms with Gasteiger partial charge in [0.1, 0.15) is 5.60 Å². The molecule has 2 N–H and O–H groups in total. The van der Waals surface area contributed by atoms with Crippen molar-refractivity contribution < 1.29 is 9.47 Å². The predicted molar refractivity (Wildman–Crippen MR) is 74.0 cm³/mol. The van der Waals surface area contributed by atoms with E-state index in [-0.39, 0.29) is 11.7 Å². The van der Waals surface area contributed by atoms with E-state index in [1.807, 2.05) is 27.7 Å². The molecule has 102 valence electrons. The van der Waals surface area contributed by atoms with Gasteiger partial charge < -0.3 is 15.2 Å². The zero-order valence-corrected chi connectivity index (χ0v) is 12.0. The van der Waals surface area contributed by atoms with Crippen molar-refractivity contribution in [1.29, 1.82) is 0 Å². The van der Waals surface area contributed by atoms with Gasteiger partial charge in [-0.3, -0.25) is 0 Å². The SMILES string of the molecule is CCCC(C)Oc1ccc(N)c(OC(C)(C)C)n1. The number of hydrogen-bond acceptors (Lipinski definition) is 4. The second-order valence-electron chi connectivity index (χ2n) is 5.48. The molecular weight excluding hydrogens is 228 g/mol. The third kappa shape index (κ3) is 4.82. The molecule has 0 aliphatic carbocycles. The Kier molecular flexibility index (Phi) is 4.82. The monoisotopic (exact) mass is 252 g/mol. The molecule has 0 aliphatic heterocycles. The molecule has 1 unspecified atom stereocenters. The maximum absolute atomic E-state index is 5.84. The summed E-state index contributed by atoms with van der Waals surface area (Å²) < 4.78 is 11.4. The zero-order chi connectivity index (χ0) is 13.8. The predicted octanol–water partition coefficient (Wildman–Crippen LogP) is 3.41. The highest BCUT2D eigenvalue weighted by Gasteiger charge is 2.16. The Morgan fingerprint density at radius 2 is 2.00 bits per heavy atom. The van der Waals surface area contributed by atoms with Gasteiger partial charge in [0.25, 0.3) is 0 Å². The number of pyridine rings is 1. The lowest BCUT2D eigenvalue weighted by molar-refractivity contribution is 0.122. The maximum atomic E-state index is 5.84. The number of nitrogen functional groups attached to an aromatic ring is 1. The third-order valence-electron chi connectivity index (χ3n) is 2.28. The van der Waals surface area contributed by atoms with Gasteiger partial charge in [0.2, 0.25) is 11.8 Å². The number of rotatable bonds is 5. The fourth-order valence-electron chi connectivity index (χ4n) is 1.54. The molecule has 1 aromatic rings. The summed E-state index contributed by atoms with van der Waals surface area (Å²) in [7, 11) is 0. The number of hydrogen-bond donors (Lipinski definition) is 1. The Balaban J connectivity index is 2.80. The van der Waals surface area contributed by atoms with Crippen molar-refractivity contribution in [2.75, 3.05) is 5.73 Å². The summed E-state index contributed by atoms with van der Waals surface area (Å²) in [5.41, 5.74) is 6.05. The Bertz CT molecular complexity index is 386. The minimum Gasteiger partial charge on any atom is -0.475 e. The molecule has 0 bridgehead atoms. The van der Waals surface area contributed by atoms with Gasteiger partial charge in [0.15, 0.2) is 0 Å². The third-order valence-corrected chi connectivity index (χ3v) is 2.28. The molecule has 0 aliphatic rings. The van der Waals surface area contributed by atoms with E-state index in [0.717, 1.165) is 12.8 Å². The quantitative estimate of drug-likeness (QED) is 0.872. The number of ether oxygens (including phenoxy) is 2. The van der Waals surface area contributed by atoms with Gasteiger partial charge >= 0.3 is 0 Å². The first-order valence-corrected chi connectivity index (χ1v) is 6.44. The van der Waals surface area contributed by atoms with E-state index in [4.69, 9.17) is 15.2 Å². The smallest absolute Gasteiger partial charge is 0.241 e. The number of anilines is 1. The first kappa shape index (κ1) is 14.6. The molecule has 1 heterocycles. The number of nitrogens with zero attached hydrogens (tertiary/aromatic N) is 1. The average Bonchev–Trinajstić information content (AvgIpc) is 2.21. The fourth-order valence-corrected chi connectivity index (χ4v) is 1.54. The van der Waals surface area contributed by atoms with Crippen LogP contribution in [0, 0.1) is 0 Å². The van der Waals surface area contributed by atoms with Crippen LogP contribution in [-0.2, 0) is 0 Å². The van der Waals surface area contributed by atoms with Crippen molar-refractivity contribution in [1.82, 2.24) is 4.98 Å². The number of aromatic nitrogens is 1. The Morgan fingerprint density at radius 3 is 2.56 bits per heavy atom. The second kappa shape index (κ2) is 5.94. The van der Waals surface area contributed by atoms with Crippen LogP contribution in [0.25, 0.3) is 0 Å². The van der Waals surface area contributed by atoms with Crippen LogP contribution in [0.2, 0.25) is 0 Å². The molecule has 1 rings (SSSR count). The lowest BCUT2D eigenvalue weighted by atomic mass is 10.2. The maximum Gasteiger partial charge on any atom is 0.241 e. The molecule has 1 atom stereocenters. The van der Waals surface area contributed by atoms with Gasteiger partial charge in [-0.1, -0.05) is 13.3 Å². The highest BCUT2D eigenvalue weighted by atomic mass is 16.5. The van der Waals surface area contributed by atoms with Crippen LogP contribution in [0.4, 0.5) is 5.69 Å². The topological polar surface area (TPSA) is 57.4 Å². The van der Waals surface area contributed by atoms with Crippen LogP contribution in [0.5, 0.6) is 11.8 Å². The first-order chi connectivity index (χ1) is 8.31. The molecule has 0 saturated carbocycles. The van der Waals surface area contributed by atoms with Crippen LogP contribution in [-0.4, -0.2) is 16.7 Å². The summed E-state index contributed by atoms with van der Waals surface area (Å²) in [6.07, 6.45) is 2.23. The van der Waals surface area contributed by atoms with Gasteiger partial charge in [-0.2, -0.15) is 4.98 Å². The molecule has 0 fully saturated rings. The molecule has 0 amide bonds. The highest BCUT2D eigenvalue weighted by Crippen LogP contribution is 2.26. The van der Waals surface area contributed by atoms with Crippen LogP contribution < -0.4 is 15.2 Å². The molecule has 18 heavy (non-hydrogen) atoms. The Hall–Kier alpha value is -1.45. The number of nitrogens with two attached hydrogens (primary N) is 1. The first-order valence-electron chi connectivity index (χ1n) is 6.44.